The van der Waals surface area contributed by atoms with Gasteiger partial charge in [-0.3, -0.25) is 0 Å². The number of sulfone groups is 1. The second-order valence-corrected chi connectivity index (χ2v) is 5.75. The van der Waals surface area contributed by atoms with Gasteiger partial charge in [-0.05, 0) is 43.5 Å². The predicted octanol–water partition coefficient (Wildman–Crippen LogP) is 1.29. The van der Waals surface area contributed by atoms with Gasteiger partial charge in [-0.2, -0.15) is 0 Å². The summed E-state index contributed by atoms with van der Waals surface area (Å²) in [5.41, 5.74) is 7.25. The lowest BCUT2D eigenvalue weighted by Crippen LogP contribution is -2.03. The van der Waals surface area contributed by atoms with E-state index in [9.17, 15) is 8.42 Å². The van der Waals surface area contributed by atoms with Crippen LogP contribution in [-0.4, -0.2) is 21.2 Å². The van der Waals surface area contributed by atoms with Crippen molar-refractivity contribution in [2.24, 2.45) is 5.73 Å². The molecule has 0 saturated carbocycles. The number of rotatable bonds is 4. The Morgan fingerprint density at radius 1 is 1.33 bits per heavy atom. The fraction of sp³-hybridized carbons (Fsp3) is 0.455. The molecule has 0 fully saturated rings. The van der Waals surface area contributed by atoms with Crippen LogP contribution in [0.5, 0.6) is 0 Å². The summed E-state index contributed by atoms with van der Waals surface area (Å²) in [4.78, 5) is 0.428. The van der Waals surface area contributed by atoms with Gasteiger partial charge in [0.2, 0.25) is 0 Å². The first-order chi connectivity index (χ1) is 6.95. The van der Waals surface area contributed by atoms with E-state index in [0.29, 0.717) is 11.4 Å². The topological polar surface area (TPSA) is 60.2 Å². The maximum Gasteiger partial charge on any atom is 0.175 e. The van der Waals surface area contributed by atoms with Gasteiger partial charge >= 0.3 is 0 Å². The molecule has 0 aliphatic rings. The molecule has 0 bridgehead atoms. The minimum absolute atomic E-state index is 0.428. The minimum atomic E-state index is -3.11. The molecule has 15 heavy (non-hydrogen) atoms. The molecule has 0 radical (unpaired) electrons. The van der Waals surface area contributed by atoms with Crippen LogP contribution >= 0.6 is 0 Å². The molecular formula is C11H17NO2S. The third-order valence-electron chi connectivity index (χ3n) is 2.32. The third-order valence-corrected chi connectivity index (χ3v) is 3.56. The fourth-order valence-corrected chi connectivity index (χ4v) is 2.52. The Kier molecular flexibility index (Phi) is 3.88. The zero-order valence-corrected chi connectivity index (χ0v) is 9.97. The zero-order valence-electron chi connectivity index (χ0n) is 9.16. The Morgan fingerprint density at radius 3 is 2.53 bits per heavy atom. The van der Waals surface area contributed by atoms with Crippen molar-refractivity contribution in [3.05, 3.63) is 29.3 Å². The van der Waals surface area contributed by atoms with Gasteiger partial charge in [0.05, 0.1) is 4.90 Å². The van der Waals surface area contributed by atoms with Crippen LogP contribution in [0.2, 0.25) is 0 Å². The standard InChI is InChI=1S/C11H17NO2S/c1-9-5-6-10(4-3-7-12)8-11(9)15(2,13)14/h5-6,8H,3-4,7,12H2,1-2H3. The third kappa shape index (κ3) is 3.32. The molecule has 0 aromatic heterocycles. The Morgan fingerprint density at radius 2 is 2.00 bits per heavy atom. The first kappa shape index (κ1) is 12.2. The monoisotopic (exact) mass is 227 g/mol. The van der Waals surface area contributed by atoms with Crippen LogP contribution in [0.25, 0.3) is 0 Å². The number of benzene rings is 1. The van der Waals surface area contributed by atoms with Gasteiger partial charge in [0.15, 0.2) is 9.84 Å². The van der Waals surface area contributed by atoms with Crippen molar-refractivity contribution < 1.29 is 8.42 Å². The Bertz CT molecular complexity index is 438. The van der Waals surface area contributed by atoms with E-state index in [0.717, 1.165) is 24.0 Å². The van der Waals surface area contributed by atoms with Crippen molar-refractivity contribution in [2.75, 3.05) is 12.8 Å². The van der Waals surface area contributed by atoms with Gasteiger partial charge in [0, 0.05) is 6.26 Å². The summed E-state index contributed by atoms with van der Waals surface area (Å²) < 4.78 is 22.9. The Balaban J connectivity index is 3.06. The van der Waals surface area contributed by atoms with Crippen molar-refractivity contribution in [1.29, 1.82) is 0 Å². The molecule has 1 rings (SSSR count). The lowest BCUT2D eigenvalue weighted by Gasteiger charge is -2.06. The molecule has 1 aromatic carbocycles. The van der Waals surface area contributed by atoms with Gasteiger partial charge in [-0.25, -0.2) is 8.42 Å². The van der Waals surface area contributed by atoms with Crippen molar-refractivity contribution in [1.82, 2.24) is 0 Å². The Hall–Kier alpha value is -0.870. The van der Waals surface area contributed by atoms with Crippen LogP contribution in [-0.2, 0) is 16.3 Å². The highest BCUT2D eigenvalue weighted by Gasteiger charge is 2.10. The van der Waals surface area contributed by atoms with E-state index in [4.69, 9.17) is 5.73 Å². The maximum absolute atomic E-state index is 11.5. The smallest absolute Gasteiger partial charge is 0.175 e. The zero-order chi connectivity index (χ0) is 11.5. The fourth-order valence-electron chi connectivity index (χ4n) is 1.51. The molecule has 2 N–H and O–H groups in total. The van der Waals surface area contributed by atoms with E-state index >= 15 is 0 Å². The molecule has 1 aromatic rings. The van der Waals surface area contributed by atoms with Crippen molar-refractivity contribution >= 4 is 9.84 Å². The highest BCUT2D eigenvalue weighted by Crippen LogP contribution is 2.17. The molecule has 0 amide bonds. The summed E-state index contributed by atoms with van der Waals surface area (Å²) in [5, 5.41) is 0. The van der Waals surface area contributed by atoms with Crippen LogP contribution in [0.15, 0.2) is 23.1 Å². The van der Waals surface area contributed by atoms with E-state index in [1.54, 1.807) is 6.07 Å². The molecule has 0 saturated heterocycles. The second kappa shape index (κ2) is 4.77. The molecule has 0 heterocycles. The lowest BCUT2D eigenvalue weighted by atomic mass is 10.1. The van der Waals surface area contributed by atoms with Crippen molar-refractivity contribution in [2.45, 2.75) is 24.7 Å². The summed E-state index contributed by atoms with van der Waals surface area (Å²) >= 11 is 0. The molecule has 84 valence electrons. The highest BCUT2D eigenvalue weighted by atomic mass is 32.2. The van der Waals surface area contributed by atoms with Crippen LogP contribution < -0.4 is 5.73 Å². The van der Waals surface area contributed by atoms with E-state index in [-0.39, 0.29) is 0 Å². The molecule has 0 atom stereocenters. The second-order valence-electron chi connectivity index (χ2n) is 3.76. The number of hydrogen-bond acceptors (Lipinski definition) is 3. The SMILES string of the molecule is Cc1ccc(CCCN)cc1S(C)(=O)=O. The minimum Gasteiger partial charge on any atom is -0.330 e. The van der Waals surface area contributed by atoms with E-state index < -0.39 is 9.84 Å². The van der Waals surface area contributed by atoms with E-state index in [1.807, 2.05) is 19.1 Å². The van der Waals surface area contributed by atoms with E-state index in [1.165, 1.54) is 6.26 Å². The number of nitrogens with two attached hydrogens (primary N) is 1. The summed E-state index contributed by atoms with van der Waals surface area (Å²) in [6.07, 6.45) is 2.95. The molecule has 0 aliphatic carbocycles. The lowest BCUT2D eigenvalue weighted by molar-refractivity contribution is 0.601. The van der Waals surface area contributed by atoms with Gasteiger partial charge in [-0.15, -0.1) is 0 Å². The normalized spacial score (nSPS) is 11.7. The summed E-state index contributed by atoms with van der Waals surface area (Å²) in [5.74, 6) is 0. The number of aryl methyl sites for hydroxylation is 2. The largest absolute Gasteiger partial charge is 0.330 e. The summed E-state index contributed by atoms with van der Waals surface area (Å²) in [6, 6.07) is 5.56. The molecule has 4 heteroatoms. The van der Waals surface area contributed by atoms with Gasteiger partial charge < -0.3 is 5.73 Å². The maximum atomic E-state index is 11.5. The summed E-state index contributed by atoms with van der Waals surface area (Å²) in [6.45, 7) is 2.44. The van der Waals surface area contributed by atoms with Crippen LogP contribution in [0.4, 0.5) is 0 Å². The quantitative estimate of drug-likeness (QED) is 0.843. The average molecular weight is 227 g/mol. The molecule has 0 spiro atoms. The predicted molar refractivity (Wildman–Crippen MR) is 61.7 cm³/mol. The molecular weight excluding hydrogens is 210 g/mol. The van der Waals surface area contributed by atoms with Gasteiger partial charge in [-0.1, -0.05) is 12.1 Å². The van der Waals surface area contributed by atoms with Crippen molar-refractivity contribution in [3.63, 3.8) is 0 Å². The molecule has 0 aliphatic heterocycles. The summed E-state index contributed by atoms with van der Waals surface area (Å²) in [7, 11) is -3.11. The van der Waals surface area contributed by atoms with Crippen LogP contribution in [0.3, 0.4) is 0 Å². The molecule has 3 nitrogen and oxygen atoms in total. The molecule has 0 unspecified atom stereocenters. The first-order valence-electron chi connectivity index (χ1n) is 4.95. The van der Waals surface area contributed by atoms with Crippen molar-refractivity contribution in [3.8, 4) is 0 Å². The highest BCUT2D eigenvalue weighted by molar-refractivity contribution is 7.90. The van der Waals surface area contributed by atoms with Gasteiger partial charge in [0.1, 0.15) is 0 Å². The number of hydrogen-bond donors (Lipinski definition) is 1. The van der Waals surface area contributed by atoms with Crippen LogP contribution in [0.1, 0.15) is 17.5 Å². The van der Waals surface area contributed by atoms with Gasteiger partial charge in [0.25, 0.3) is 0 Å². The van der Waals surface area contributed by atoms with Crippen LogP contribution in [0, 0.1) is 6.92 Å². The van der Waals surface area contributed by atoms with E-state index in [2.05, 4.69) is 0 Å². The Labute approximate surface area is 91.2 Å². The average Bonchev–Trinajstić information content (AvgIpc) is 2.15. The first-order valence-corrected chi connectivity index (χ1v) is 6.84.